The molecule has 0 fully saturated rings. The average Bonchev–Trinajstić information content (AvgIpc) is 3.85. The molecule has 0 radical (unpaired) electrons. The van der Waals surface area contributed by atoms with E-state index in [2.05, 4.69) is 171 Å². The number of allylic oxidation sites excluding steroid dienone is 2. The van der Waals surface area contributed by atoms with Gasteiger partial charge in [-0.1, -0.05) is 0 Å². The fourth-order valence-corrected chi connectivity index (χ4v) is 39.8. The second kappa shape index (κ2) is 13.7. The van der Waals surface area contributed by atoms with Crippen molar-refractivity contribution in [3.8, 4) is 22.3 Å². The van der Waals surface area contributed by atoms with E-state index < -0.39 is 21.5 Å². The van der Waals surface area contributed by atoms with Crippen molar-refractivity contribution >= 4 is 68.1 Å². The summed E-state index contributed by atoms with van der Waals surface area (Å²) in [5, 5.41) is 2.24. The fraction of sp³-hybridized carbons (Fsp3) is 0.0800. The summed E-state index contributed by atoms with van der Waals surface area (Å²) in [7, 11) is 18.0. The molecule has 2 aromatic heterocycles. The first kappa shape index (κ1) is 35.7. The predicted octanol–water partition coefficient (Wildman–Crippen LogP) is 14.0. The minimum absolute atomic E-state index is 0.141. The van der Waals surface area contributed by atoms with Crippen molar-refractivity contribution in [3.63, 3.8) is 0 Å². The van der Waals surface area contributed by atoms with E-state index in [1.54, 1.807) is 0 Å². The zero-order chi connectivity index (χ0) is 38.0. The van der Waals surface area contributed by atoms with Crippen LogP contribution in [-0.2, 0) is 15.6 Å². The summed E-state index contributed by atoms with van der Waals surface area (Å²) in [4.78, 5) is 9.78. The van der Waals surface area contributed by atoms with Crippen LogP contribution in [0.5, 0.6) is 0 Å². The third-order valence-corrected chi connectivity index (χ3v) is 63.9. The molecular weight excluding hydrogens is 819 g/mol. The first-order valence-corrected chi connectivity index (χ1v) is 35.7. The van der Waals surface area contributed by atoms with Crippen LogP contribution in [-0.4, -0.2) is 15.9 Å². The molecular formula is C50H39Cl2N2SiZr. The van der Waals surface area contributed by atoms with Gasteiger partial charge in [-0.2, -0.15) is 0 Å². The summed E-state index contributed by atoms with van der Waals surface area (Å²) in [6.45, 7) is 4.84. The molecule has 0 spiro atoms. The number of aromatic nitrogens is 2. The molecule has 0 amide bonds. The Hall–Kier alpha value is -4.70. The number of para-hydroxylation sites is 2. The van der Waals surface area contributed by atoms with Gasteiger partial charge >= 0.3 is 340 Å². The maximum absolute atomic E-state index is 9.00. The third-order valence-electron chi connectivity index (χ3n) is 12.4. The van der Waals surface area contributed by atoms with E-state index in [0.717, 1.165) is 44.1 Å². The molecule has 56 heavy (non-hydrogen) atoms. The summed E-state index contributed by atoms with van der Waals surface area (Å²) in [6.07, 6.45) is 8.61. The Kier molecular flexibility index (Phi) is 8.76. The number of rotatable bonds is 7. The summed E-state index contributed by atoms with van der Waals surface area (Å²) in [5.41, 5.74) is 16.2. The van der Waals surface area contributed by atoms with E-state index in [-0.39, 0.29) is 7.25 Å². The molecule has 2 aliphatic rings. The summed E-state index contributed by atoms with van der Waals surface area (Å²) in [6, 6.07) is 56.4. The molecule has 0 bridgehead atoms. The molecule has 271 valence electrons. The quantitative estimate of drug-likeness (QED) is 0.149. The van der Waals surface area contributed by atoms with Crippen LogP contribution in [0.25, 0.3) is 67.4 Å². The van der Waals surface area contributed by atoms with Crippen LogP contribution in [0.15, 0.2) is 170 Å². The Morgan fingerprint density at radius 2 is 0.839 bits per heavy atom. The van der Waals surface area contributed by atoms with Crippen LogP contribution in [0.4, 0.5) is 0 Å². The normalized spacial score (nSPS) is 17.0. The average molecular weight is 858 g/mol. The first-order valence-electron chi connectivity index (χ1n) is 19.4. The van der Waals surface area contributed by atoms with Crippen molar-refractivity contribution < 1.29 is 15.6 Å². The van der Waals surface area contributed by atoms with Gasteiger partial charge in [0.25, 0.3) is 0 Å². The molecule has 10 rings (SSSR count). The van der Waals surface area contributed by atoms with Gasteiger partial charge in [0.2, 0.25) is 0 Å². The van der Waals surface area contributed by atoms with E-state index in [9.17, 15) is 0 Å². The molecule has 0 N–H and O–H groups in total. The Morgan fingerprint density at radius 3 is 1.27 bits per heavy atom. The fourth-order valence-electron chi connectivity index (χ4n) is 9.70. The van der Waals surface area contributed by atoms with E-state index in [1.807, 2.05) is 24.5 Å². The Labute approximate surface area is 337 Å². The molecule has 6 aromatic carbocycles. The van der Waals surface area contributed by atoms with Crippen LogP contribution in [0.1, 0.15) is 40.6 Å². The van der Waals surface area contributed by atoms with Crippen molar-refractivity contribution in [3.05, 3.63) is 203 Å². The van der Waals surface area contributed by atoms with Crippen molar-refractivity contribution in [1.29, 1.82) is 0 Å². The van der Waals surface area contributed by atoms with Crippen LogP contribution < -0.4 is 0 Å². The predicted molar refractivity (Wildman–Crippen MR) is 239 cm³/mol. The summed E-state index contributed by atoms with van der Waals surface area (Å²) >= 11 is -5.29. The molecule has 0 aliphatic heterocycles. The summed E-state index contributed by atoms with van der Waals surface area (Å²) < 4.78 is -0.282. The van der Waals surface area contributed by atoms with Gasteiger partial charge in [-0.25, -0.2) is 0 Å². The SMILES string of the molecule is C[SiH](C)[Zr]([Cl])([Cl])([CH]1C(c2ccccc2)=Cc2c(-c3cccc4cccnc34)cccc21)[CH]1C(c2ccccc2)=Cc2c(-c3cccc4cccnc34)cccc21. The molecule has 2 unspecified atom stereocenters. The number of nitrogens with zero attached hydrogens (tertiary/aromatic N) is 2. The van der Waals surface area contributed by atoms with Crippen molar-refractivity contribution in [2.24, 2.45) is 0 Å². The standard InChI is InChI=1S/2C24H16N.C2H7Si.2ClH.Zr/c2*1-2-7-17(8-3-1)20-15-19-10-5-12-21(23(19)16-20)22-13-4-9-18-11-6-14-25-24(18)22;1-3-2;;;/h2*1-16H;3H,1-2H3;2*1H;/q;;;;;+2/p-2. The topological polar surface area (TPSA) is 25.8 Å². The minimum atomic E-state index is -5.29. The van der Waals surface area contributed by atoms with Gasteiger partial charge in [0.1, 0.15) is 0 Å². The Balaban J connectivity index is 1.26. The van der Waals surface area contributed by atoms with Gasteiger partial charge in [-0.15, -0.1) is 0 Å². The Morgan fingerprint density at radius 1 is 0.446 bits per heavy atom. The van der Waals surface area contributed by atoms with Crippen molar-refractivity contribution in [2.45, 2.75) is 20.3 Å². The molecule has 2 aliphatic carbocycles. The van der Waals surface area contributed by atoms with Gasteiger partial charge in [-0.3, -0.25) is 0 Å². The number of hydrogen-bond donors (Lipinski definition) is 0. The van der Waals surface area contributed by atoms with E-state index in [0.29, 0.717) is 0 Å². The maximum atomic E-state index is 9.00. The summed E-state index contributed by atoms with van der Waals surface area (Å²) in [5.74, 6) is -1.89. The van der Waals surface area contributed by atoms with Crippen LogP contribution in [0.3, 0.4) is 0 Å². The van der Waals surface area contributed by atoms with E-state index >= 15 is 0 Å². The number of hydrogen-bond acceptors (Lipinski definition) is 2. The second-order valence-electron chi connectivity index (χ2n) is 15.6. The first-order chi connectivity index (χ1) is 27.3. The number of benzene rings is 6. The number of fused-ring (bicyclic) bond motifs is 4. The van der Waals surface area contributed by atoms with Crippen LogP contribution in [0, 0.1) is 0 Å². The van der Waals surface area contributed by atoms with Gasteiger partial charge < -0.3 is 0 Å². The van der Waals surface area contributed by atoms with E-state index in [1.165, 1.54) is 44.5 Å². The molecule has 0 saturated heterocycles. The zero-order valence-corrected chi connectivity index (χ0v) is 36.3. The molecule has 2 heterocycles. The second-order valence-corrected chi connectivity index (χ2v) is 58.1. The van der Waals surface area contributed by atoms with E-state index in [4.69, 9.17) is 27.0 Å². The third kappa shape index (κ3) is 5.45. The molecule has 6 heteroatoms. The van der Waals surface area contributed by atoms with Gasteiger partial charge in [-0.05, 0) is 0 Å². The van der Waals surface area contributed by atoms with Crippen molar-refractivity contribution in [2.75, 3.05) is 0 Å². The molecule has 2 nitrogen and oxygen atoms in total. The monoisotopic (exact) mass is 855 g/mol. The number of pyridine rings is 2. The molecule has 0 saturated carbocycles. The molecule has 8 aromatic rings. The van der Waals surface area contributed by atoms with Crippen LogP contribution >= 0.6 is 17.0 Å². The van der Waals surface area contributed by atoms with Gasteiger partial charge in [0, 0.05) is 0 Å². The van der Waals surface area contributed by atoms with Gasteiger partial charge in [0.05, 0.1) is 0 Å². The Bertz CT molecular complexity index is 2700. The molecule has 2 atom stereocenters. The van der Waals surface area contributed by atoms with Gasteiger partial charge in [0.15, 0.2) is 0 Å². The van der Waals surface area contributed by atoms with Crippen LogP contribution in [0.2, 0.25) is 13.1 Å². The number of halogens is 2. The van der Waals surface area contributed by atoms with Crippen molar-refractivity contribution in [1.82, 2.24) is 9.97 Å². The zero-order valence-electron chi connectivity index (χ0n) is 31.2.